The number of carboxylic acids is 1. The van der Waals surface area contributed by atoms with Gasteiger partial charge in [-0.15, -0.1) is 0 Å². The molecule has 0 saturated carbocycles. The Balaban J connectivity index is 2.27. The highest BCUT2D eigenvalue weighted by Gasteiger charge is 2.25. The van der Waals surface area contributed by atoms with Crippen LogP contribution in [-0.2, 0) is 14.3 Å². The van der Waals surface area contributed by atoms with E-state index in [-0.39, 0.29) is 24.0 Å². The van der Waals surface area contributed by atoms with Gasteiger partial charge in [0.15, 0.2) is 0 Å². The first-order valence-electron chi connectivity index (χ1n) is 7.65. The van der Waals surface area contributed by atoms with Crippen molar-refractivity contribution in [3.63, 3.8) is 0 Å². The number of likely N-dealkylation sites (tertiary alicyclic amines) is 1. The number of carbonyl (C=O) groups excluding carboxylic acids is 1. The summed E-state index contributed by atoms with van der Waals surface area (Å²) in [4.78, 5) is 24.5. The number of carbonyl (C=O) groups is 2. The minimum Gasteiger partial charge on any atom is -0.480 e. The number of ether oxygens (including phenoxy) is 1. The molecule has 0 radical (unpaired) electrons. The van der Waals surface area contributed by atoms with E-state index in [4.69, 9.17) is 15.6 Å². The van der Waals surface area contributed by atoms with E-state index < -0.39 is 5.97 Å². The molecule has 3 N–H and O–H groups in total. The molecule has 0 atom stereocenters. The summed E-state index contributed by atoms with van der Waals surface area (Å²) in [6, 6.07) is 0. The fourth-order valence-electron chi connectivity index (χ4n) is 2.58. The molecule has 1 saturated heterocycles. The van der Waals surface area contributed by atoms with Crippen molar-refractivity contribution in [2.24, 2.45) is 11.1 Å². The molecule has 1 heterocycles. The number of nitrogens with zero attached hydrogens (tertiary/aromatic N) is 1. The highest BCUT2D eigenvalue weighted by molar-refractivity contribution is 5.76. The van der Waals surface area contributed by atoms with Gasteiger partial charge >= 0.3 is 5.97 Å². The van der Waals surface area contributed by atoms with Crippen molar-refractivity contribution in [3.8, 4) is 0 Å². The van der Waals surface area contributed by atoms with Crippen LogP contribution in [0.1, 0.15) is 46.0 Å². The fraction of sp³-hybridized carbons (Fsp3) is 0.867. The van der Waals surface area contributed by atoms with Crippen LogP contribution in [-0.4, -0.2) is 54.2 Å². The van der Waals surface area contributed by atoms with Gasteiger partial charge in [-0.25, -0.2) is 4.79 Å². The van der Waals surface area contributed by atoms with Gasteiger partial charge in [0, 0.05) is 19.5 Å². The van der Waals surface area contributed by atoms with E-state index in [1.165, 1.54) is 0 Å². The second kappa shape index (κ2) is 8.34. The highest BCUT2D eigenvalue weighted by atomic mass is 16.5. The van der Waals surface area contributed by atoms with Crippen molar-refractivity contribution in [1.82, 2.24) is 4.90 Å². The summed E-state index contributed by atoms with van der Waals surface area (Å²) in [6.45, 7) is 5.97. The first-order chi connectivity index (χ1) is 9.84. The lowest BCUT2D eigenvalue weighted by atomic mass is 9.84. The summed E-state index contributed by atoms with van der Waals surface area (Å²) in [5, 5.41) is 8.58. The molecule has 1 fully saturated rings. The zero-order valence-corrected chi connectivity index (χ0v) is 13.1. The maximum absolute atomic E-state index is 12.2. The molecule has 1 rings (SSSR count). The van der Waals surface area contributed by atoms with Crippen molar-refractivity contribution >= 4 is 11.9 Å². The number of carboxylic acid groups (broad SMARTS) is 1. The maximum Gasteiger partial charge on any atom is 0.329 e. The minimum absolute atomic E-state index is 0.0427. The molecule has 0 unspecified atom stereocenters. The van der Waals surface area contributed by atoms with Crippen LogP contribution in [0.2, 0.25) is 0 Å². The molecular formula is C15H28N2O4. The largest absolute Gasteiger partial charge is 0.480 e. The third-order valence-corrected chi connectivity index (χ3v) is 4.07. The van der Waals surface area contributed by atoms with Gasteiger partial charge in [-0.1, -0.05) is 13.8 Å². The Kier molecular flexibility index (Phi) is 7.11. The Morgan fingerprint density at radius 1 is 1.29 bits per heavy atom. The molecule has 1 aliphatic heterocycles. The third-order valence-electron chi connectivity index (χ3n) is 4.07. The van der Waals surface area contributed by atoms with Crippen LogP contribution in [0, 0.1) is 5.41 Å². The Morgan fingerprint density at radius 3 is 2.43 bits per heavy atom. The van der Waals surface area contributed by atoms with Gasteiger partial charge in [0.25, 0.3) is 0 Å². The molecule has 6 nitrogen and oxygen atoms in total. The van der Waals surface area contributed by atoms with Gasteiger partial charge < -0.3 is 20.5 Å². The number of amides is 1. The van der Waals surface area contributed by atoms with Crippen molar-refractivity contribution in [3.05, 3.63) is 0 Å². The molecule has 0 aromatic heterocycles. The molecule has 21 heavy (non-hydrogen) atoms. The minimum atomic E-state index is -0.948. The summed E-state index contributed by atoms with van der Waals surface area (Å²) in [5.41, 5.74) is 5.68. The van der Waals surface area contributed by atoms with Crippen LogP contribution in [0.4, 0.5) is 0 Å². The number of hydrogen-bond acceptors (Lipinski definition) is 4. The molecule has 0 aromatic rings. The van der Waals surface area contributed by atoms with Gasteiger partial charge in [0.2, 0.25) is 5.91 Å². The molecule has 0 bridgehead atoms. The number of hydrogen-bond donors (Lipinski definition) is 2. The van der Waals surface area contributed by atoms with Crippen LogP contribution in [0.3, 0.4) is 0 Å². The van der Waals surface area contributed by atoms with E-state index in [9.17, 15) is 9.59 Å². The van der Waals surface area contributed by atoms with Gasteiger partial charge in [0.1, 0.15) is 6.61 Å². The zero-order chi connectivity index (χ0) is 15.9. The van der Waals surface area contributed by atoms with E-state index in [1.807, 2.05) is 4.90 Å². The normalized spacial score (nSPS) is 17.0. The predicted octanol–water partition coefficient (Wildman–Crippen LogP) is 1.23. The molecular weight excluding hydrogens is 272 g/mol. The molecule has 122 valence electrons. The monoisotopic (exact) mass is 300 g/mol. The van der Waals surface area contributed by atoms with Gasteiger partial charge in [-0.3, -0.25) is 4.79 Å². The maximum atomic E-state index is 12.2. The lowest BCUT2D eigenvalue weighted by Crippen LogP contribution is -2.41. The first kappa shape index (κ1) is 17.9. The molecule has 1 aliphatic rings. The average molecular weight is 300 g/mol. The number of rotatable bonds is 8. The van der Waals surface area contributed by atoms with Gasteiger partial charge in [-0.05, 0) is 37.6 Å². The summed E-state index contributed by atoms with van der Waals surface area (Å²) in [6.07, 6.45) is 3.70. The Bertz CT molecular complexity index is 350. The van der Waals surface area contributed by atoms with E-state index in [0.717, 1.165) is 12.8 Å². The molecule has 0 aliphatic carbocycles. The molecule has 6 heteroatoms. The van der Waals surface area contributed by atoms with Crippen LogP contribution >= 0.6 is 0 Å². The molecule has 1 amide bonds. The molecule has 0 spiro atoms. The van der Waals surface area contributed by atoms with Crippen LogP contribution < -0.4 is 5.73 Å². The first-order valence-corrected chi connectivity index (χ1v) is 7.65. The molecule has 0 aromatic carbocycles. The zero-order valence-electron chi connectivity index (χ0n) is 13.1. The Hall–Kier alpha value is -1.14. The topological polar surface area (TPSA) is 92.9 Å². The van der Waals surface area contributed by atoms with Crippen molar-refractivity contribution in [2.75, 3.05) is 26.2 Å². The highest BCUT2D eigenvalue weighted by Crippen LogP contribution is 2.26. The number of piperidine rings is 1. The SMILES string of the molecule is CC(C)(CCN)CCC(=O)N1CCC(OCC(=O)O)CC1. The summed E-state index contributed by atoms with van der Waals surface area (Å²) >= 11 is 0. The van der Waals surface area contributed by atoms with E-state index >= 15 is 0 Å². The fourth-order valence-corrected chi connectivity index (χ4v) is 2.58. The second-order valence-electron chi connectivity index (χ2n) is 6.49. The van der Waals surface area contributed by atoms with Crippen molar-refractivity contribution < 1.29 is 19.4 Å². The number of aliphatic carboxylic acids is 1. The standard InChI is InChI=1S/C15H28N2O4/c1-15(2,7-8-16)6-3-13(18)17-9-4-12(5-10-17)21-11-14(19)20/h12H,3-11,16H2,1-2H3,(H,19,20). The van der Waals surface area contributed by atoms with E-state index in [2.05, 4.69) is 13.8 Å². The number of nitrogens with two attached hydrogens (primary N) is 1. The van der Waals surface area contributed by atoms with Crippen LogP contribution in [0.5, 0.6) is 0 Å². The summed E-state index contributed by atoms with van der Waals surface area (Å²) in [5.74, 6) is -0.771. The van der Waals surface area contributed by atoms with Crippen molar-refractivity contribution in [2.45, 2.75) is 52.1 Å². The summed E-state index contributed by atoms with van der Waals surface area (Å²) < 4.78 is 5.27. The predicted molar refractivity (Wildman–Crippen MR) is 79.9 cm³/mol. The van der Waals surface area contributed by atoms with Crippen molar-refractivity contribution in [1.29, 1.82) is 0 Å². The van der Waals surface area contributed by atoms with Gasteiger partial charge in [-0.2, -0.15) is 0 Å². The van der Waals surface area contributed by atoms with E-state index in [1.54, 1.807) is 0 Å². The smallest absolute Gasteiger partial charge is 0.329 e. The third kappa shape index (κ3) is 6.91. The summed E-state index contributed by atoms with van der Waals surface area (Å²) in [7, 11) is 0. The van der Waals surface area contributed by atoms with E-state index in [0.29, 0.717) is 38.9 Å². The van der Waals surface area contributed by atoms with Crippen LogP contribution in [0.15, 0.2) is 0 Å². The quantitative estimate of drug-likeness (QED) is 0.703. The Morgan fingerprint density at radius 2 is 1.90 bits per heavy atom. The average Bonchev–Trinajstić information content (AvgIpc) is 2.43. The van der Waals surface area contributed by atoms with Crippen LogP contribution in [0.25, 0.3) is 0 Å². The lowest BCUT2D eigenvalue weighted by molar-refractivity contribution is -0.147. The lowest BCUT2D eigenvalue weighted by Gasteiger charge is -2.32. The van der Waals surface area contributed by atoms with Gasteiger partial charge in [0.05, 0.1) is 6.10 Å². The Labute approximate surface area is 126 Å². The second-order valence-corrected chi connectivity index (χ2v) is 6.49.